The molecule has 236 valence electrons. The summed E-state index contributed by atoms with van der Waals surface area (Å²) in [5.74, 6) is 2.29. The zero-order valence-corrected chi connectivity index (χ0v) is 28.6. The van der Waals surface area contributed by atoms with Crippen LogP contribution in [0.3, 0.4) is 0 Å². The zero-order chi connectivity index (χ0) is 32.2. The summed E-state index contributed by atoms with van der Waals surface area (Å²) in [7, 11) is 1.36. The lowest BCUT2D eigenvalue weighted by Crippen LogP contribution is -2.42. The first kappa shape index (κ1) is 32.3. The standard InChI is InChI=1S/C36H44N4O4Si/c1-26(23-44-45(7,8)35(2,3)4)40-33(39-32-22-37-25-38-34(32)40)24-43-36(27-12-10-9-11-13-27,28-14-18-30(41-5)19-15-28)29-16-20-31(42-6)21-17-29/h9-22,25-26H,23-24H2,1-8H3/t26-/m0/s1. The van der Waals surface area contributed by atoms with Crippen molar-refractivity contribution in [3.05, 3.63) is 114 Å². The quantitative estimate of drug-likeness (QED) is 0.103. The van der Waals surface area contributed by atoms with Gasteiger partial charge >= 0.3 is 0 Å². The maximum Gasteiger partial charge on any atom is 0.192 e. The van der Waals surface area contributed by atoms with Crippen LogP contribution in [0.15, 0.2) is 91.4 Å². The largest absolute Gasteiger partial charge is 0.497 e. The lowest BCUT2D eigenvalue weighted by Gasteiger charge is -2.37. The Morgan fingerprint density at radius 1 is 0.800 bits per heavy atom. The third-order valence-electron chi connectivity index (χ3n) is 8.95. The molecule has 0 saturated carbocycles. The number of hydrogen-bond acceptors (Lipinski definition) is 7. The van der Waals surface area contributed by atoms with Crippen LogP contribution < -0.4 is 9.47 Å². The van der Waals surface area contributed by atoms with Gasteiger partial charge in [0.05, 0.1) is 33.1 Å². The van der Waals surface area contributed by atoms with Gasteiger partial charge in [-0.1, -0.05) is 75.4 Å². The smallest absolute Gasteiger partial charge is 0.192 e. The number of nitrogens with zero attached hydrogens (tertiary/aromatic N) is 4. The van der Waals surface area contributed by atoms with Gasteiger partial charge in [0, 0.05) is 0 Å². The molecular weight excluding hydrogens is 581 g/mol. The van der Waals surface area contributed by atoms with Crippen molar-refractivity contribution in [1.82, 2.24) is 19.5 Å². The summed E-state index contributed by atoms with van der Waals surface area (Å²) in [5, 5.41) is 0.101. The molecule has 0 saturated heterocycles. The summed E-state index contributed by atoms with van der Waals surface area (Å²) < 4.78 is 27.0. The van der Waals surface area contributed by atoms with Crippen LogP contribution in [0, 0.1) is 0 Å². The molecule has 0 fully saturated rings. The average Bonchev–Trinajstić information content (AvgIpc) is 3.43. The van der Waals surface area contributed by atoms with Gasteiger partial charge in [-0.05, 0) is 66.0 Å². The Morgan fingerprint density at radius 2 is 1.36 bits per heavy atom. The third kappa shape index (κ3) is 6.52. The predicted octanol–water partition coefficient (Wildman–Crippen LogP) is 7.94. The fraction of sp³-hybridized carbons (Fsp3) is 0.361. The minimum absolute atomic E-state index is 0.0364. The van der Waals surface area contributed by atoms with Crippen LogP contribution in [0.25, 0.3) is 11.2 Å². The first-order valence-corrected chi connectivity index (χ1v) is 18.2. The monoisotopic (exact) mass is 624 g/mol. The van der Waals surface area contributed by atoms with Gasteiger partial charge in [0.25, 0.3) is 0 Å². The third-order valence-corrected chi connectivity index (χ3v) is 13.5. The van der Waals surface area contributed by atoms with E-state index in [1.165, 1.54) is 0 Å². The first-order valence-electron chi connectivity index (χ1n) is 15.3. The van der Waals surface area contributed by atoms with Crippen LogP contribution >= 0.6 is 0 Å². The van der Waals surface area contributed by atoms with Crippen molar-refractivity contribution in [3.63, 3.8) is 0 Å². The van der Waals surface area contributed by atoms with Gasteiger partial charge in [-0.2, -0.15) is 0 Å². The maximum atomic E-state index is 7.20. The van der Waals surface area contributed by atoms with E-state index in [1.54, 1.807) is 26.7 Å². The number of fused-ring (bicyclic) bond motifs is 1. The van der Waals surface area contributed by atoms with Crippen LogP contribution in [0.5, 0.6) is 11.5 Å². The number of ether oxygens (including phenoxy) is 3. The topological polar surface area (TPSA) is 80.5 Å². The number of benzene rings is 3. The lowest BCUT2D eigenvalue weighted by molar-refractivity contribution is -0.00508. The fourth-order valence-electron chi connectivity index (χ4n) is 5.33. The van der Waals surface area contributed by atoms with E-state index in [4.69, 9.17) is 23.6 Å². The molecule has 0 aliphatic rings. The number of rotatable bonds is 12. The van der Waals surface area contributed by atoms with Crippen molar-refractivity contribution >= 4 is 19.5 Å². The highest BCUT2D eigenvalue weighted by atomic mass is 28.4. The second-order valence-electron chi connectivity index (χ2n) is 12.8. The second kappa shape index (κ2) is 13.1. The Balaban J connectivity index is 1.61. The number of aromatic nitrogens is 4. The lowest BCUT2D eigenvalue weighted by atomic mass is 9.80. The van der Waals surface area contributed by atoms with Crippen molar-refractivity contribution in [3.8, 4) is 11.5 Å². The molecule has 2 aromatic heterocycles. The Kier molecular flexibility index (Phi) is 9.43. The van der Waals surface area contributed by atoms with Crippen LogP contribution in [0.1, 0.15) is 56.3 Å². The van der Waals surface area contributed by atoms with E-state index in [9.17, 15) is 0 Å². The van der Waals surface area contributed by atoms with E-state index in [2.05, 4.69) is 91.7 Å². The minimum Gasteiger partial charge on any atom is -0.497 e. The summed E-state index contributed by atoms with van der Waals surface area (Å²) in [4.78, 5) is 13.9. The summed E-state index contributed by atoms with van der Waals surface area (Å²) in [6, 6.07) is 26.3. The van der Waals surface area contributed by atoms with E-state index in [1.807, 2.05) is 42.5 Å². The highest BCUT2D eigenvalue weighted by molar-refractivity contribution is 6.74. The summed E-state index contributed by atoms with van der Waals surface area (Å²) in [6.07, 6.45) is 3.32. The molecule has 8 nitrogen and oxygen atoms in total. The molecule has 45 heavy (non-hydrogen) atoms. The molecule has 0 amide bonds. The van der Waals surface area contributed by atoms with E-state index in [-0.39, 0.29) is 17.7 Å². The Bertz CT molecular complexity index is 1650. The van der Waals surface area contributed by atoms with Crippen molar-refractivity contribution in [2.24, 2.45) is 0 Å². The molecule has 9 heteroatoms. The highest BCUT2D eigenvalue weighted by Crippen LogP contribution is 2.43. The molecule has 0 unspecified atom stereocenters. The van der Waals surface area contributed by atoms with Crippen molar-refractivity contribution in [2.45, 2.75) is 64.1 Å². The molecule has 0 N–H and O–H groups in total. The summed E-state index contributed by atoms with van der Waals surface area (Å²) in [5.41, 5.74) is 3.39. The normalized spacial score (nSPS) is 13.2. The van der Waals surface area contributed by atoms with Gasteiger partial charge < -0.3 is 23.2 Å². The molecular formula is C36H44N4O4Si. The van der Waals surface area contributed by atoms with E-state index < -0.39 is 13.9 Å². The molecule has 0 aliphatic heterocycles. The van der Waals surface area contributed by atoms with Crippen LogP contribution in [-0.4, -0.2) is 48.7 Å². The van der Waals surface area contributed by atoms with E-state index >= 15 is 0 Å². The van der Waals surface area contributed by atoms with Gasteiger partial charge in [0.15, 0.2) is 14.0 Å². The Morgan fingerprint density at radius 3 is 1.89 bits per heavy atom. The molecule has 1 atom stereocenters. The molecule has 2 heterocycles. The van der Waals surface area contributed by atoms with Crippen LogP contribution in [-0.2, 0) is 21.4 Å². The number of imidazole rings is 1. The fourth-order valence-corrected chi connectivity index (χ4v) is 6.42. The van der Waals surface area contributed by atoms with E-state index in [0.717, 1.165) is 45.2 Å². The molecule has 0 spiro atoms. The van der Waals surface area contributed by atoms with Gasteiger partial charge in [-0.15, -0.1) is 0 Å². The minimum atomic E-state index is -1.98. The molecule has 5 rings (SSSR count). The van der Waals surface area contributed by atoms with Crippen molar-refractivity contribution in [2.75, 3.05) is 20.8 Å². The van der Waals surface area contributed by atoms with Crippen molar-refractivity contribution < 1.29 is 18.6 Å². The van der Waals surface area contributed by atoms with E-state index in [0.29, 0.717) is 6.61 Å². The Hall–Kier alpha value is -4.05. The highest BCUT2D eigenvalue weighted by Gasteiger charge is 2.40. The molecule has 5 aromatic rings. The predicted molar refractivity (Wildman–Crippen MR) is 180 cm³/mol. The zero-order valence-electron chi connectivity index (χ0n) is 27.6. The Labute approximate surface area is 267 Å². The number of hydrogen-bond donors (Lipinski definition) is 0. The van der Waals surface area contributed by atoms with Crippen LogP contribution in [0.4, 0.5) is 0 Å². The van der Waals surface area contributed by atoms with Gasteiger partial charge in [0.2, 0.25) is 0 Å². The first-order chi connectivity index (χ1) is 21.5. The molecule has 0 aliphatic carbocycles. The maximum absolute atomic E-state index is 7.20. The molecule has 3 aromatic carbocycles. The van der Waals surface area contributed by atoms with Gasteiger partial charge in [0.1, 0.15) is 41.4 Å². The SMILES string of the molecule is COc1ccc(C(OCc2nc3cncnc3n2[C@@H](C)CO[Si](C)(C)C(C)(C)C)(c2ccccc2)c2ccc(OC)cc2)cc1. The van der Waals surface area contributed by atoms with Gasteiger partial charge in [-0.3, -0.25) is 0 Å². The molecule has 0 bridgehead atoms. The van der Waals surface area contributed by atoms with Crippen LogP contribution in [0.2, 0.25) is 18.1 Å². The summed E-state index contributed by atoms with van der Waals surface area (Å²) >= 11 is 0. The van der Waals surface area contributed by atoms with Gasteiger partial charge in [-0.25, -0.2) is 15.0 Å². The average molecular weight is 625 g/mol. The molecule has 0 radical (unpaired) electrons. The van der Waals surface area contributed by atoms with Crippen molar-refractivity contribution in [1.29, 1.82) is 0 Å². The summed E-state index contributed by atoms with van der Waals surface area (Å²) in [6.45, 7) is 14.2. The number of methoxy groups -OCH3 is 2. The second-order valence-corrected chi connectivity index (χ2v) is 17.7.